The van der Waals surface area contributed by atoms with E-state index in [0.717, 1.165) is 17.8 Å². The number of anilines is 3. The molecule has 1 aliphatic carbocycles. The highest BCUT2D eigenvalue weighted by molar-refractivity contribution is 7.10. The van der Waals surface area contributed by atoms with Gasteiger partial charge in [-0.3, -0.25) is 0 Å². The maximum absolute atomic E-state index is 6.57. The molecule has 24 heavy (non-hydrogen) atoms. The summed E-state index contributed by atoms with van der Waals surface area (Å²) in [7, 11) is 0. The summed E-state index contributed by atoms with van der Waals surface area (Å²) in [6.07, 6.45) is 4.86. The van der Waals surface area contributed by atoms with Gasteiger partial charge in [-0.1, -0.05) is 47.5 Å². The van der Waals surface area contributed by atoms with Crippen molar-refractivity contribution in [3.8, 4) is 0 Å². The number of rotatable bonds is 3. The summed E-state index contributed by atoms with van der Waals surface area (Å²) in [5.74, 6) is 0. The first-order valence-corrected chi connectivity index (χ1v) is 9.77. The summed E-state index contributed by atoms with van der Waals surface area (Å²) in [4.78, 5) is 3.75. The largest absolute Gasteiger partial charge is 0.308 e. The highest BCUT2D eigenvalue weighted by Crippen LogP contribution is 2.46. The molecule has 0 unspecified atom stereocenters. The lowest BCUT2D eigenvalue weighted by Crippen LogP contribution is -2.13. The number of aryl methyl sites for hydroxylation is 1. The van der Waals surface area contributed by atoms with Gasteiger partial charge in [-0.2, -0.15) is 0 Å². The molecule has 0 amide bonds. The Bertz CT molecular complexity index is 857. The van der Waals surface area contributed by atoms with Gasteiger partial charge in [0.25, 0.3) is 0 Å². The minimum absolute atomic E-state index is 0.583. The van der Waals surface area contributed by atoms with Crippen LogP contribution in [-0.4, -0.2) is 0 Å². The van der Waals surface area contributed by atoms with E-state index in [9.17, 15) is 0 Å². The second kappa shape index (κ2) is 6.79. The number of halogens is 2. The van der Waals surface area contributed by atoms with Crippen LogP contribution < -0.4 is 4.90 Å². The molecule has 3 aromatic rings. The summed E-state index contributed by atoms with van der Waals surface area (Å²) in [5, 5.41) is 3.44. The van der Waals surface area contributed by atoms with Crippen LogP contribution in [0.25, 0.3) is 0 Å². The number of benzene rings is 2. The molecule has 0 saturated heterocycles. The van der Waals surface area contributed by atoms with Gasteiger partial charge >= 0.3 is 0 Å². The van der Waals surface area contributed by atoms with E-state index in [1.807, 2.05) is 35.6 Å². The first kappa shape index (κ1) is 16.0. The standard InChI is InChI=1S/C20H17Cl2NS/c21-16-10-6-11-17(20(16)22)23(14-7-2-1-3-8-14)18-13-24-19-12-5-4-9-15(18)19/h1-3,6-8,10-11,13H,4-5,9,12H2. The van der Waals surface area contributed by atoms with E-state index in [1.165, 1.54) is 35.4 Å². The molecule has 0 radical (unpaired) electrons. The Morgan fingerprint density at radius 2 is 1.62 bits per heavy atom. The van der Waals surface area contributed by atoms with E-state index < -0.39 is 0 Å². The van der Waals surface area contributed by atoms with Gasteiger partial charge in [0, 0.05) is 15.9 Å². The molecule has 0 N–H and O–H groups in total. The fourth-order valence-corrected chi connectivity index (χ4v) is 4.81. The molecular formula is C20H17Cl2NS. The SMILES string of the molecule is Clc1cccc(N(c2ccccc2)c2csc3c2CCCC3)c1Cl. The predicted molar refractivity (Wildman–Crippen MR) is 106 cm³/mol. The van der Waals surface area contributed by atoms with Gasteiger partial charge in [0.1, 0.15) is 0 Å². The Morgan fingerprint density at radius 1 is 0.833 bits per heavy atom. The van der Waals surface area contributed by atoms with Crippen molar-refractivity contribution in [3.05, 3.63) is 74.4 Å². The van der Waals surface area contributed by atoms with Crippen molar-refractivity contribution in [1.82, 2.24) is 0 Å². The smallest absolute Gasteiger partial charge is 0.0832 e. The lowest BCUT2D eigenvalue weighted by molar-refractivity contribution is 0.697. The quantitative estimate of drug-likeness (QED) is 0.461. The molecule has 1 aliphatic rings. The number of hydrogen-bond acceptors (Lipinski definition) is 2. The molecule has 0 bridgehead atoms. The minimum atomic E-state index is 0.583. The molecule has 1 nitrogen and oxygen atoms in total. The molecule has 4 rings (SSSR count). The average Bonchev–Trinajstić information content (AvgIpc) is 3.04. The van der Waals surface area contributed by atoms with E-state index >= 15 is 0 Å². The Hall–Kier alpha value is -1.48. The number of para-hydroxylation sites is 1. The molecule has 1 heterocycles. The van der Waals surface area contributed by atoms with Crippen molar-refractivity contribution < 1.29 is 0 Å². The molecule has 0 fully saturated rings. The van der Waals surface area contributed by atoms with Gasteiger partial charge in [-0.25, -0.2) is 0 Å². The van der Waals surface area contributed by atoms with Gasteiger partial charge < -0.3 is 4.90 Å². The van der Waals surface area contributed by atoms with Crippen LogP contribution in [0.5, 0.6) is 0 Å². The number of thiophene rings is 1. The fourth-order valence-electron chi connectivity index (χ4n) is 3.31. The van der Waals surface area contributed by atoms with Gasteiger partial charge in [0.15, 0.2) is 0 Å². The van der Waals surface area contributed by atoms with Crippen LogP contribution in [0.4, 0.5) is 17.1 Å². The van der Waals surface area contributed by atoms with Crippen molar-refractivity contribution in [2.75, 3.05) is 4.90 Å². The van der Waals surface area contributed by atoms with E-state index in [-0.39, 0.29) is 0 Å². The summed E-state index contributed by atoms with van der Waals surface area (Å²) >= 11 is 14.7. The lowest BCUT2D eigenvalue weighted by atomic mass is 9.97. The van der Waals surface area contributed by atoms with Gasteiger partial charge in [-0.15, -0.1) is 11.3 Å². The van der Waals surface area contributed by atoms with Gasteiger partial charge in [0.2, 0.25) is 0 Å². The maximum Gasteiger partial charge on any atom is 0.0832 e. The number of nitrogens with zero attached hydrogens (tertiary/aromatic N) is 1. The first-order chi connectivity index (χ1) is 11.8. The normalized spacial score (nSPS) is 13.6. The van der Waals surface area contributed by atoms with Crippen LogP contribution in [0.15, 0.2) is 53.9 Å². The summed E-state index contributed by atoms with van der Waals surface area (Å²) in [5.41, 5.74) is 4.74. The highest BCUT2D eigenvalue weighted by Gasteiger charge is 2.23. The van der Waals surface area contributed by atoms with Crippen LogP contribution in [-0.2, 0) is 12.8 Å². The Morgan fingerprint density at radius 3 is 2.46 bits per heavy atom. The van der Waals surface area contributed by atoms with Crippen LogP contribution in [0.2, 0.25) is 10.0 Å². The molecule has 1 aromatic heterocycles. The molecule has 0 aliphatic heterocycles. The van der Waals surface area contributed by atoms with Crippen LogP contribution in [0.1, 0.15) is 23.3 Å². The third-order valence-electron chi connectivity index (χ3n) is 4.47. The van der Waals surface area contributed by atoms with Crippen molar-refractivity contribution in [2.45, 2.75) is 25.7 Å². The zero-order valence-corrected chi connectivity index (χ0v) is 15.5. The van der Waals surface area contributed by atoms with E-state index in [2.05, 4.69) is 34.5 Å². The monoisotopic (exact) mass is 373 g/mol. The van der Waals surface area contributed by atoms with Crippen molar-refractivity contribution in [3.63, 3.8) is 0 Å². The minimum Gasteiger partial charge on any atom is -0.308 e. The Balaban J connectivity index is 1.92. The van der Waals surface area contributed by atoms with E-state index in [4.69, 9.17) is 23.2 Å². The molecule has 0 atom stereocenters. The molecule has 0 spiro atoms. The highest BCUT2D eigenvalue weighted by atomic mass is 35.5. The molecule has 122 valence electrons. The van der Waals surface area contributed by atoms with Crippen LogP contribution in [0.3, 0.4) is 0 Å². The third kappa shape index (κ3) is 2.83. The van der Waals surface area contributed by atoms with Crippen LogP contribution in [0, 0.1) is 0 Å². The Labute approximate surface area is 156 Å². The zero-order valence-electron chi connectivity index (χ0n) is 13.1. The third-order valence-corrected chi connectivity index (χ3v) is 6.35. The summed E-state index contributed by atoms with van der Waals surface area (Å²) < 4.78 is 0. The Kier molecular flexibility index (Phi) is 4.53. The molecule has 2 aromatic carbocycles. The number of hydrogen-bond donors (Lipinski definition) is 0. The van der Waals surface area contributed by atoms with Crippen LogP contribution >= 0.6 is 34.5 Å². The van der Waals surface area contributed by atoms with Gasteiger partial charge in [-0.05, 0) is 55.5 Å². The zero-order chi connectivity index (χ0) is 16.5. The maximum atomic E-state index is 6.57. The van der Waals surface area contributed by atoms with E-state index in [0.29, 0.717) is 10.0 Å². The van der Waals surface area contributed by atoms with Crippen molar-refractivity contribution in [1.29, 1.82) is 0 Å². The number of fused-ring (bicyclic) bond motifs is 1. The average molecular weight is 374 g/mol. The second-order valence-electron chi connectivity index (χ2n) is 5.97. The fraction of sp³-hybridized carbons (Fsp3) is 0.200. The van der Waals surface area contributed by atoms with E-state index in [1.54, 1.807) is 0 Å². The topological polar surface area (TPSA) is 3.24 Å². The first-order valence-electron chi connectivity index (χ1n) is 8.14. The second-order valence-corrected chi connectivity index (χ2v) is 7.72. The predicted octanol–water partition coefficient (Wildman–Crippen LogP) is 7.40. The van der Waals surface area contributed by atoms with Crippen molar-refractivity contribution >= 4 is 51.6 Å². The molecular weight excluding hydrogens is 357 g/mol. The molecule has 4 heteroatoms. The van der Waals surface area contributed by atoms with Gasteiger partial charge in [0.05, 0.1) is 21.4 Å². The lowest BCUT2D eigenvalue weighted by Gasteiger charge is -2.28. The van der Waals surface area contributed by atoms with Crippen molar-refractivity contribution in [2.24, 2.45) is 0 Å². The summed E-state index contributed by atoms with van der Waals surface area (Å²) in [6.45, 7) is 0. The molecule has 0 saturated carbocycles. The summed E-state index contributed by atoms with van der Waals surface area (Å²) in [6, 6.07) is 16.2.